The van der Waals surface area contributed by atoms with Gasteiger partial charge in [0.25, 0.3) is 5.56 Å². The number of aromatic amines is 1. The van der Waals surface area contributed by atoms with Crippen LogP contribution in [0.25, 0.3) is 5.65 Å². The first-order valence-corrected chi connectivity index (χ1v) is 9.98. The van der Waals surface area contributed by atoms with Crippen LogP contribution in [0, 0.1) is 13.8 Å². The van der Waals surface area contributed by atoms with Gasteiger partial charge >= 0.3 is 0 Å². The number of carbonyl (C=O) groups is 1. The van der Waals surface area contributed by atoms with E-state index in [4.69, 9.17) is 11.6 Å². The fourth-order valence-corrected chi connectivity index (χ4v) is 3.77. The maximum atomic E-state index is 13.0. The van der Waals surface area contributed by atoms with Crippen LogP contribution in [0.5, 0.6) is 0 Å². The van der Waals surface area contributed by atoms with Crippen LogP contribution in [0.4, 0.5) is 0 Å². The van der Waals surface area contributed by atoms with Crippen LogP contribution >= 0.6 is 11.6 Å². The first-order valence-electron chi connectivity index (χ1n) is 9.60. The van der Waals surface area contributed by atoms with E-state index in [9.17, 15) is 9.59 Å². The molecule has 0 bridgehead atoms. The average Bonchev–Trinajstić information content (AvgIpc) is 3.11. The molecule has 0 spiro atoms. The quantitative estimate of drug-likeness (QED) is 0.516. The number of nitrogens with zero attached hydrogens (tertiary/aromatic N) is 2. The molecule has 2 N–H and O–H groups in total. The topological polar surface area (TPSA) is 79.3 Å². The monoisotopic (exact) mass is 420 g/mol. The molecule has 0 aliphatic heterocycles. The number of fused-ring (bicyclic) bond motifs is 1. The summed E-state index contributed by atoms with van der Waals surface area (Å²) in [5.41, 5.74) is 4.54. The largest absolute Gasteiger partial charge is 0.345 e. The lowest BCUT2D eigenvalue weighted by atomic mass is 9.98. The van der Waals surface area contributed by atoms with Crippen LogP contribution in [0.15, 0.2) is 65.5 Å². The van der Waals surface area contributed by atoms with Gasteiger partial charge in [0.1, 0.15) is 0 Å². The van der Waals surface area contributed by atoms with E-state index >= 15 is 0 Å². The average molecular weight is 421 g/mol. The second-order valence-corrected chi connectivity index (χ2v) is 7.65. The second kappa shape index (κ2) is 8.16. The first kappa shape index (κ1) is 19.9. The van der Waals surface area contributed by atoms with Gasteiger partial charge in [-0.1, -0.05) is 54.1 Å². The Labute approximate surface area is 178 Å². The molecule has 152 valence electrons. The van der Waals surface area contributed by atoms with Crippen molar-refractivity contribution in [3.8, 4) is 0 Å². The number of nitrogens with one attached hydrogen (secondary N) is 2. The SMILES string of the molecule is Cc1nc2cc(=O)[nH]n2c(C)c1CC(=O)NC(c1ccccc1)c1ccc(Cl)cc1. The standard InChI is InChI=1S/C23H21ClN4O2/c1-14-19(15(2)28-20(25-14)13-22(30)27-28)12-21(29)26-23(16-6-4-3-5-7-16)17-8-10-18(24)11-9-17/h3-11,13,23H,12H2,1-2H3,(H,26,29)(H,27,30). The number of carbonyl (C=O) groups excluding carboxylic acids is 1. The van der Waals surface area contributed by atoms with Gasteiger partial charge in [-0.15, -0.1) is 0 Å². The predicted octanol–water partition coefficient (Wildman–Crippen LogP) is 3.74. The highest BCUT2D eigenvalue weighted by atomic mass is 35.5. The molecule has 0 aliphatic carbocycles. The van der Waals surface area contributed by atoms with Gasteiger partial charge in [-0.3, -0.25) is 14.7 Å². The van der Waals surface area contributed by atoms with E-state index in [2.05, 4.69) is 15.4 Å². The Morgan fingerprint density at radius 2 is 1.77 bits per heavy atom. The van der Waals surface area contributed by atoms with Crippen LogP contribution in [-0.2, 0) is 11.2 Å². The minimum absolute atomic E-state index is 0.138. The maximum Gasteiger partial charge on any atom is 0.266 e. The third-order valence-corrected chi connectivity index (χ3v) is 5.43. The Bertz CT molecular complexity index is 1260. The molecule has 2 aromatic carbocycles. The number of aryl methyl sites for hydroxylation is 2. The summed E-state index contributed by atoms with van der Waals surface area (Å²) in [6.07, 6.45) is 0.151. The van der Waals surface area contributed by atoms with Gasteiger partial charge in [-0.25, -0.2) is 9.50 Å². The zero-order valence-electron chi connectivity index (χ0n) is 16.6. The third kappa shape index (κ3) is 4.00. The van der Waals surface area contributed by atoms with Gasteiger partial charge in [0.15, 0.2) is 5.65 Å². The number of amides is 1. The normalized spacial score (nSPS) is 12.1. The number of rotatable bonds is 5. The molecule has 1 unspecified atom stereocenters. The molecule has 0 aliphatic rings. The van der Waals surface area contributed by atoms with Crippen molar-refractivity contribution in [3.63, 3.8) is 0 Å². The highest BCUT2D eigenvalue weighted by Gasteiger charge is 2.19. The zero-order chi connectivity index (χ0) is 21.3. The summed E-state index contributed by atoms with van der Waals surface area (Å²) < 4.78 is 1.62. The molecule has 7 heteroatoms. The summed E-state index contributed by atoms with van der Waals surface area (Å²) in [7, 11) is 0. The van der Waals surface area contributed by atoms with Crippen molar-refractivity contribution in [1.29, 1.82) is 0 Å². The Kier molecular flexibility index (Phi) is 5.42. The van der Waals surface area contributed by atoms with Gasteiger partial charge in [0.05, 0.1) is 12.5 Å². The highest BCUT2D eigenvalue weighted by Crippen LogP contribution is 2.24. The van der Waals surface area contributed by atoms with Crippen LogP contribution in [-0.4, -0.2) is 20.5 Å². The molecule has 1 atom stereocenters. The van der Waals surface area contributed by atoms with Crippen molar-refractivity contribution in [2.24, 2.45) is 0 Å². The van der Waals surface area contributed by atoms with Crippen molar-refractivity contribution in [1.82, 2.24) is 19.9 Å². The molecule has 0 saturated heterocycles. The van der Waals surface area contributed by atoms with E-state index in [0.29, 0.717) is 10.7 Å². The summed E-state index contributed by atoms with van der Waals surface area (Å²) >= 11 is 6.04. The van der Waals surface area contributed by atoms with E-state index < -0.39 is 0 Å². The Balaban J connectivity index is 1.64. The molecule has 6 nitrogen and oxygen atoms in total. The van der Waals surface area contributed by atoms with Crippen molar-refractivity contribution in [2.45, 2.75) is 26.3 Å². The van der Waals surface area contributed by atoms with Crippen molar-refractivity contribution in [2.75, 3.05) is 0 Å². The molecule has 2 heterocycles. The number of aromatic nitrogens is 3. The fourth-order valence-electron chi connectivity index (χ4n) is 3.64. The van der Waals surface area contributed by atoms with Gasteiger partial charge in [-0.2, -0.15) is 0 Å². The van der Waals surface area contributed by atoms with Crippen molar-refractivity contribution < 1.29 is 4.79 Å². The maximum absolute atomic E-state index is 13.0. The van der Waals surface area contributed by atoms with E-state index in [1.54, 1.807) is 4.52 Å². The summed E-state index contributed by atoms with van der Waals surface area (Å²) in [6.45, 7) is 3.72. The van der Waals surface area contributed by atoms with Crippen molar-refractivity contribution >= 4 is 23.2 Å². The molecule has 2 aromatic heterocycles. The Hall–Kier alpha value is -3.38. The van der Waals surface area contributed by atoms with E-state index in [0.717, 1.165) is 28.1 Å². The lowest BCUT2D eigenvalue weighted by Gasteiger charge is -2.21. The lowest BCUT2D eigenvalue weighted by Crippen LogP contribution is -2.31. The minimum atomic E-state index is -0.306. The highest BCUT2D eigenvalue weighted by molar-refractivity contribution is 6.30. The lowest BCUT2D eigenvalue weighted by molar-refractivity contribution is -0.121. The van der Waals surface area contributed by atoms with Crippen LogP contribution in [0.3, 0.4) is 0 Å². The Morgan fingerprint density at radius 3 is 2.47 bits per heavy atom. The summed E-state index contributed by atoms with van der Waals surface area (Å²) in [5, 5.41) is 6.50. The van der Waals surface area contributed by atoms with E-state index in [1.165, 1.54) is 6.07 Å². The smallest absolute Gasteiger partial charge is 0.266 e. The van der Waals surface area contributed by atoms with Crippen LogP contribution in [0.1, 0.15) is 34.1 Å². The van der Waals surface area contributed by atoms with Gasteiger partial charge in [0, 0.05) is 28.0 Å². The fraction of sp³-hybridized carbons (Fsp3) is 0.174. The first-order chi connectivity index (χ1) is 14.4. The van der Waals surface area contributed by atoms with Crippen LogP contribution in [0.2, 0.25) is 5.02 Å². The molecule has 4 aromatic rings. The molecule has 4 rings (SSSR count). The zero-order valence-corrected chi connectivity index (χ0v) is 17.4. The number of benzene rings is 2. The molecule has 0 saturated carbocycles. The molecular weight excluding hydrogens is 400 g/mol. The molecule has 30 heavy (non-hydrogen) atoms. The summed E-state index contributed by atoms with van der Waals surface area (Å²) in [4.78, 5) is 29.2. The van der Waals surface area contributed by atoms with Crippen LogP contribution < -0.4 is 10.9 Å². The molecule has 0 fully saturated rings. The van der Waals surface area contributed by atoms with E-state index in [1.807, 2.05) is 68.4 Å². The minimum Gasteiger partial charge on any atom is -0.345 e. The van der Waals surface area contributed by atoms with Gasteiger partial charge in [-0.05, 0) is 37.1 Å². The number of H-pyrrole nitrogens is 1. The van der Waals surface area contributed by atoms with Gasteiger partial charge in [0.2, 0.25) is 5.91 Å². The molecule has 0 radical (unpaired) electrons. The molecular formula is C23H21ClN4O2. The van der Waals surface area contributed by atoms with E-state index in [-0.39, 0.29) is 23.9 Å². The number of hydrogen-bond donors (Lipinski definition) is 2. The molecule has 1 amide bonds. The third-order valence-electron chi connectivity index (χ3n) is 5.18. The predicted molar refractivity (Wildman–Crippen MR) is 117 cm³/mol. The van der Waals surface area contributed by atoms with Gasteiger partial charge < -0.3 is 5.32 Å². The Morgan fingerprint density at radius 1 is 1.10 bits per heavy atom. The summed E-state index contributed by atoms with van der Waals surface area (Å²) in [6, 6.07) is 18.4. The van der Waals surface area contributed by atoms with Crippen molar-refractivity contribution in [3.05, 3.63) is 104 Å². The number of halogens is 1. The summed E-state index contributed by atoms with van der Waals surface area (Å²) in [5.74, 6) is -0.138. The second-order valence-electron chi connectivity index (χ2n) is 7.21. The number of hydrogen-bond acceptors (Lipinski definition) is 3.